The minimum atomic E-state index is -2.81. The first-order chi connectivity index (χ1) is 7.47. The predicted octanol–water partition coefficient (Wildman–Crippen LogP) is 1.91. The maximum Gasteiger partial charge on any atom is 0.341 e. The third-order valence-corrected chi connectivity index (χ3v) is 2.56. The van der Waals surface area contributed by atoms with E-state index >= 15 is 0 Å². The first-order valence-electron chi connectivity index (χ1n) is 4.61. The van der Waals surface area contributed by atoms with Crippen molar-refractivity contribution in [3.8, 4) is 5.88 Å². The molecule has 1 aromatic rings. The van der Waals surface area contributed by atoms with Crippen molar-refractivity contribution >= 4 is 5.97 Å². The van der Waals surface area contributed by atoms with Crippen molar-refractivity contribution in [2.45, 2.75) is 18.3 Å². The van der Waals surface area contributed by atoms with Crippen LogP contribution in [0.3, 0.4) is 0 Å². The monoisotopic (exact) mass is 229 g/mol. The van der Waals surface area contributed by atoms with Gasteiger partial charge in [-0.05, 0) is 11.6 Å². The number of ether oxygens (including phenoxy) is 1. The first-order valence-corrected chi connectivity index (χ1v) is 4.61. The van der Waals surface area contributed by atoms with Gasteiger partial charge in [-0.3, -0.25) is 0 Å². The van der Waals surface area contributed by atoms with E-state index in [4.69, 9.17) is 9.84 Å². The fourth-order valence-electron chi connectivity index (χ4n) is 1.67. The minimum Gasteiger partial charge on any atom is -0.480 e. The van der Waals surface area contributed by atoms with E-state index in [1.165, 1.54) is 19.4 Å². The van der Waals surface area contributed by atoms with Crippen LogP contribution >= 0.6 is 0 Å². The second-order valence-corrected chi connectivity index (χ2v) is 3.61. The number of methoxy groups -OCH3 is 1. The Hall–Kier alpha value is -1.72. The van der Waals surface area contributed by atoms with Gasteiger partial charge in [-0.1, -0.05) is 0 Å². The number of carboxylic acid groups (broad SMARTS) is 1. The van der Waals surface area contributed by atoms with Crippen LogP contribution in [-0.2, 0) is 0 Å². The van der Waals surface area contributed by atoms with Crippen LogP contribution in [0.1, 0.15) is 28.3 Å². The molecular formula is C10H9F2NO3. The van der Waals surface area contributed by atoms with E-state index in [1.54, 1.807) is 0 Å². The van der Waals surface area contributed by atoms with Crippen LogP contribution in [0.2, 0.25) is 0 Å². The lowest BCUT2D eigenvalue weighted by Gasteiger charge is -2.08. The van der Waals surface area contributed by atoms with Gasteiger partial charge < -0.3 is 9.84 Å². The Bertz CT molecular complexity index is 448. The van der Waals surface area contributed by atoms with E-state index in [0.717, 1.165) is 0 Å². The van der Waals surface area contributed by atoms with E-state index < -0.39 is 17.8 Å². The lowest BCUT2D eigenvalue weighted by atomic mass is 10.1. The summed E-state index contributed by atoms with van der Waals surface area (Å²) in [5, 5.41) is 8.96. The van der Waals surface area contributed by atoms with Gasteiger partial charge in [-0.2, -0.15) is 0 Å². The summed E-state index contributed by atoms with van der Waals surface area (Å²) < 4.78 is 30.6. The number of hydrogen-bond acceptors (Lipinski definition) is 3. The van der Waals surface area contributed by atoms with Gasteiger partial charge >= 0.3 is 5.97 Å². The number of carbonyl (C=O) groups is 1. The van der Waals surface area contributed by atoms with Crippen molar-refractivity contribution in [3.63, 3.8) is 0 Å². The topological polar surface area (TPSA) is 59.4 Å². The van der Waals surface area contributed by atoms with Gasteiger partial charge in [-0.25, -0.2) is 18.6 Å². The number of aromatic nitrogens is 1. The normalized spacial score (nSPS) is 21.6. The van der Waals surface area contributed by atoms with Gasteiger partial charge in [-0.15, -0.1) is 0 Å². The average Bonchev–Trinajstić information content (AvgIpc) is 2.86. The summed E-state index contributed by atoms with van der Waals surface area (Å²) in [6, 6.07) is 1.30. The van der Waals surface area contributed by atoms with Gasteiger partial charge in [0, 0.05) is 12.6 Å². The number of pyridine rings is 1. The third kappa shape index (κ3) is 1.60. The van der Waals surface area contributed by atoms with Crippen LogP contribution in [0.4, 0.5) is 8.78 Å². The highest BCUT2D eigenvalue weighted by molar-refractivity contribution is 5.92. The Morgan fingerprint density at radius 3 is 2.75 bits per heavy atom. The zero-order valence-corrected chi connectivity index (χ0v) is 8.41. The van der Waals surface area contributed by atoms with E-state index in [0.29, 0.717) is 0 Å². The second kappa shape index (κ2) is 3.40. The van der Waals surface area contributed by atoms with Crippen molar-refractivity contribution in [1.29, 1.82) is 0 Å². The smallest absolute Gasteiger partial charge is 0.341 e. The van der Waals surface area contributed by atoms with Gasteiger partial charge in [0.1, 0.15) is 5.56 Å². The number of alkyl halides is 2. The van der Waals surface area contributed by atoms with Crippen LogP contribution in [0.5, 0.6) is 5.88 Å². The molecule has 0 bridgehead atoms. The first kappa shape index (κ1) is 10.8. The van der Waals surface area contributed by atoms with Crippen LogP contribution in [0.25, 0.3) is 0 Å². The summed E-state index contributed by atoms with van der Waals surface area (Å²) in [6.45, 7) is 0. The molecular weight excluding hydrogens is 220 g/mol. The summed E-state index contributed by atoms with van der Waals surface area (Å²) in [7, 11) is 1.25. The highest BCUT2D eigenvalue weighted by atomic mass is 19.3. The lowest BCUT2D eigenvalue weighted by molar-refractivity contribution is 0.0690. The molecule has 0 amide bonds. The maximum absolute atomic E-state index is 12.9. The van der Waals surface area contributed by atoms with Crippen LogP contribution in [0.15, 0.2) is 12.3 Å². The number of hydrogen-bond donors (Lipinski definition) is 1. The number of aromatic carboxylic acids is 1. The molecule has 1 unspecified atom stereocenters. The zero-order valence-electron chi connectivity index (χ0n) is 8.41. The Balaban J connectivity index is 2.49. The van der Waals surface area contributed by atoms with Crippen molar-refractivity contribution in [1.82, 2.24) is 4.98 Å². The summed E-state index contributed by atoms with van der Waals surface area (Å²) in [6.07, 6.45) is 0.954. The molecule has 1 aliphatic carbocycles. The molecule has 1 heterocycles. The number of halogens is 2. The molecule has 16 heavy (non-hydrogen) atoms. The van der Waals surface area contributed by atoms with Gasteiger partial charge in [0.15, 0.2) is 0 Å². The molecule has 2 rings (SSSR count). The van der Waals surface area contributed by atoms with E-state index in [-0.39, 0.29) is 23.4 Å². The van der Waals surface area contributed by atoms with Gasteiger partial charge in [0.05, 0.1) is 13.0 Å². The fourth-order valence-corrected chi connectivity index (χ4v) is 1.67. The van der Waals surface area contributed by atoms with Gasteiger partial charge in [0.2, 0.25) is 5.88 Å². The van der Waals surface area contributed by atoms with Crippen molar-refractivity contribution in [2.24, 2.45) is 0 Å². The second-order valence-electron chi connectivity index (χ2n) is 3.61. The van der Waals surface area contributed by atoms with E-state index in [9.17, 15) is 13.6 Å². The molecule has 1 N–H and O–H groups in total. The average molecular weight is 229 g/mol. The van der Waals surface area contributed by atoms with Crippen LogP contribution < -0.4 is 4.74 Å². The van der Waals surface area contributed by atoms with Crippen molar-refractivity contribution in [2.75, 3.05) is 7.11 Å². The molecule has 1 aliphatic rings. The Kier molecular flexibility index (Phi) is 2.29. The highest BCUT2D eigenvalue weighted by Gasteiger charge is 2.58. The van der Waals surface area contributed by atoms with E-state index in [1.807, 2.05) is 0 Å². The third-order valence-electron chi connectivity index (χ3n) is 2.56. The molecule has 0 spiro atoms. The molecule has 86 valence electrons. The standard InChI is InChI=1S/C10H9F2NO3/c1-16-8-7(9(14)15)5(2-3-13-8)6-4-10(6,11)12/h2-3,6H,4H2,1H3,(H,14,15). The highest BCUT2D eigenvalue weighted by Crippen LogP contribution is 2.56. The molecule has 0 aromatic carbocycles. The maximum atomic E-state index is 12.9. The summed E-state index contributed by atoms with van der Waals surface area (Å²) in [4.78, 5) is 14.7. The Morgan fingerprint density at radius 2 is 2.31 bits per heavy atom. The quantitative estimate of drug-likeness (QED) is 0.860. The minimum absolute atomic E-state index is 0.0874. The van der Waals surface area contributed by atoms with Crippen molar-refractivity contribution in [3.05, 3.63) is 23.4 Å². The predicted molar refractivity (Wildman–Crippen MR) is 50.1 cm³/mol. The van der Waals surface area contributed by atoms with E-state index in [2.05, 4.69) is 4.98 Å². The molecule has 1 aromatic heterocycles. The molecule has 0 aliphatic heterocycles. The van der Waals surface area contributed by atoms with Crippen LogP contribution in [0, 0.1) is 0 Å². The largest absolute Gasteiger partial charge is 0.480 e. The van der Waals surface area contributed by atoms with Crippen LogP contribution in [-0.4, -0.2) is 29.1 Å². The Labute approximate surface area is 89.9 Å². The molecule has 0 radical (unpaired) electrons. The summed E-state index contributed by atoms with van der Waals surface area (Å²) >= 11 is 0. The molecule has 1 atom stereocenters. The molecule has 1 fully saturated rings. The fraction of sp³-hybridized carbons (Fsp3) is 0.400. The van der Waals surface area contributed by atoms with Gasteiger partial charge in [0.25, 0.3) is 5.92 Å². The van der Waals surface area contributed by atoms with Crippen molar-refractivity contribution < 1.29 is 23.4 Å². The summed E-state index contributed by atoms with van der Waals surface area (Å²) in [5.41, 5.74) is -0.184. The SMILES string of the molecule is COc1nccc(C2CC2(F)F)c1C(=O)O. The lowest BCUT2D eigenvalue weighted by Crippen LogP contribution is -2.08. The molecule has 4 nitrogen and oxygen atoms in total. The number of nitrogens with zero attached hydrogens (tertiary/aromatic N) is 1. The number of rotatable bonds is 3. The number of carboxylic acids is 1. The Morgan fingerprint density at radius 1 is 1.69 bits per heavy atom. The molecule has 0 saturated heterocycles. The summed E-state index contributed by atoms with van der Waals surface area (Å²) in [5.74, 6) is -5.28. The molecule has 6 heteroatoms. The zero-order chi connectivity index (χ0) is 11.9. The molecule has 1 saturated carbocycles.